The van der Waals surface area contributed by atoms with Crippen LogP contribution in [0.1, 0.15) is 25.3 Å². The van der Waals surface area contributed by atoms with Gasteiger partial charge in [-0.2, -0.15) is 0 Å². The summed E-state index contributed by atoms with van der Waals surface area (Å²) in [5.41, 5.74) is 1.19. The molecule has 0 bridgehead atoms. The first-order valence-corrected chi connectivity index (χ1v) is 7.31. The Morgan fingerprint density at radius 2 is 1.67 bits per heavy atom. The number of nitrogens with zero attached hydrogens (tertiary/aromatic N) is 1. The van der Waals surface area contributed by atoms with Crippen molar-refractivity contribution in [3.05, 3.63) is 35.9 Å². The number of carbonyl (C=O) groups is 2. The van der Waals surface area contributed by atoms with E-state index in [2.05, 4.69) is 0 Å². The van der Waals surface area contributed by atoms with Crippen LogP contribution in [0.2, 0.25) is 0 Å². The SMILES string of the molecule is CC[S+](Cc1ccccc1)N1C(=O)CCC1=O.[Cl-]. The highest BCUT2D eigenvalue weighted by molar-refractivity contribution is 7.94. The predicted octanol–water partition coefficient (Wildman–Crippen LogP) is -1.11. The van der Waals surface area contributed by atoms with Crippen LogP contribution in [0.5, 0.6) is 0 Å². The summed E-state index contributed by atoms with van der Waals surface area (Å²) in [6.45, 7) is 2.03. The van der Waals surface area contributed by atoms with Crippen molar-refractivity contribution in [2.75, 3.05) is 5.75 Å². The summed E-state index contributed by atoms with van der Waals surface area (Å²) in [7, 11) is 0. The van der Waals surface area contributed by atoms with Crippen molar-refractivity contribution in [1.82, 2.24) is 4.31 Å². The maximum Gasteiger partial charge on any atom is 0.273 e. The average molecular weight is 286 g/mol. The maximum atomic E-state index is 11.7. The van der Waals surface area contributed by atoms with Crippen LogP contribution in [-0.2, 0) is 26.4 Å². The smallest absolute Gasteiger partial charge is 0.273 e. The van der Waals surface area contributed by atoms with E-state index >= 15 is 0 Å². The first-order chi connectivity index (χ1) is 8.22. The Kier molecular flexibility index (Phi) is 5.69. The second-order valence-corrected chi connectivity index (χ2v) is 6.12. The Labute approximate surface area is 116 Å². The summed E-state index contributed by atoms with van der Waals surface area (Å²) < 4.78 is 1.49. The Hall–Kier alpha value is -1.00. The van der Waals surface area contributed by atoms with Gasteiger partial charge in [-0.1, -0.05) is 34.6 Å². The van der Waals surface area contributed by atoms with Gasteiger partial charge in [0.2, 0.25) is 0 Å². The van der Waals surface area contributed by atoms with Gasteiger partial charge < -0.3 is 12.4 Å². The molecule has 1 unspecified atom stereocenters. The van der Waals surface area contributed by atoms with E-state index in [1.807, 2.05) is 37.3 Å². The number of hydrogen-bond donors (Lipinski definition) is 0. The van der Waals surface area contributed by atoms with Gasteiger partial charge in [0.1, 0.15) is 16.8 Å². The topological polar surface area (TPSA) is 37.4 Å². The highest BCUT2D eigenvalue weighted by Gasteiger charge is 2.42. The number of imide groups is 1. The largest absolute Gasteiger partial charge is 1.00 e. The highest BCUT2D eigenvalue weighted by Crippen LogP contribution is 2.21. The van der Waals surface area contributed by atoms with E-state index in [0.717, 1.165) is 11.5 Å². The van der Waals surface area contributed by atoms with E-state index in [1.165, 1.54) is 9.87 Å². The molecule has 1 aliphatic heterocycles. The van der Waals surface area contributed by atoms with E-state index in [-0.39, 0.29) is 35.3 Å². The lowest BCUT2D eigenvalue weighted by Gasteiger charge is -2.14. The first kappa shape index (κ1) is 15.1. The third-order valence-corrected chi connectivity index (χ3v) is 5.03. The zero-order chi connectivity index (χ0) is 12.3. The molecule has 0 spiro atoms. The van der Waals surface area contributed by atoms with Crippen molar-refractivity contribution in [1.29, 1.82) is 0 Å². The Bertz CT molecular complexity index is 408. The second-order valence-electron chi connectivity index (χ2n) is 3.96. The molecule has 1 atom stereocenters. The molecule has 1 heterocycles. The summed E-state index contributed by atoms with van der Waals surface area (Å²) in [5, 5.41) is 0. The van der Waals surface area contributed by atoms with Crippen molar-refractivity contribution >= 4 is 22.9 Å². The predicted molar refractivity (Wildman–Crippen MR) is 69.1 cm³/mol. The van der Waals surface area contributed by atoms with Gasteiger partial charge in [0.15, 0.2) is 5.75 Å². The molecule has 0 radical (unpaired) electrons. The molecule has 18 heavy (non-hydrogen) atoms. The van der Waals surface area contributed by atoms with Crippen molar-refractivity contribution in [3.63, 3.8) is 0 Å². The normalized spacial score (nSPS) is 16.6. The standard InChI is InChI=1S/C13H16NO2S.ClH/c1-2-17(10-11-6-4-3-5-7-11)14-12(15)8-9-13(14)16;/h3-7H,2,8-10H2,1H3;1H/q+1;/p-1. The molecule has 98 valence electrons. The lowest BCUT2D eigenvalue weighted by Crippen LogP contribution is -3.00. The van der Waals surface area contributed by atoms with Crippen LogP contribution in [0.15, 0.2) is 30.3 Å². The number of benzene rings is 1. The zero-order valence-electron chi connectivity index (χ0n) is 10.3. The van der Waals surface area contributed by atoms with Crippen LogP contribution >= 0.6 is 0 Å². The lowest BCUT2D eigenvalue weighted by molar-refractivity contribution is -0.132. The third kappa shape index (κ3) is 3.27. The van der Waals surface area contributed by atoms with Gasteiger partial charge in [-0.15, -0.1) is 0 Å². The number of rotatable bonds is 4. The lowest BCUT2D eigenvalue weighted by atomic mass is 10.2. The van der Waals surface area contributed by atoms with E-state index in [9.17, 15) is 9.59 Å². The molecule has 1 saturated heterocycles. The molecule has 0 N–H and O–H groups in total. The Morgan fingerprint density at radius 3 is 2.17 bits per heavy atom. The van der Waals surface area contributed by atoms with Crippen molar-refractivity contribution < 1.29 is 22.0 Å². The molecule has 1 fully saturated rings. The fraction of sp³-hybridized carbons (Fsp3) is 0.385. The summed E-state index contributed by atoms with van der Waals surface area (Å²) in [5.74, 6) is 1.62. The van der Waals surface area contributed by atoms with Gasteiger partial charge in [-0.3, -0.25) is 9.59 Å². The summed E-state index contributed by atoms with van der Waals surface area (Å²) in [6, 6.07) is 10.0. The molecule has 3 nitrogen and oxygen atoms in total. The molecule has 2 rings (SSSR count). The molecule has 0 aromatic heterocycles. The van der Waals surface area contributed by atoms with Crippen molar-refractivity contribution in [2.45, 2.75) is 25.5 Å². The first-order valence-electron chi connectivity index (χ1n) is 5.79. The monoisotopic (exact) mass is 285 g/mol. The minimum atomic E-state index is -0.284. The highest BCUT2D eigenvalue weighted by atomic mass is 35.5. The molecule has 2 amide bonds. The number of halogens is 1. The fourth-order valence-electron chi connectivity index (χ4n) is 1.91. The fourth-order valence-corrected chi connectivity index (χ4v) is 3.83. The van der Waals surface area contributed by atoms with Gasteiger partial charge in [0.05, 0.1) is 0 Å². The molecular formula is C13H16ClNO2S. The average Bonchev–Trinajstić information content (AvgIpc) is 2.68. The minimum absolute atomic E-state index is 0. The second kappa shape index (κ2) is 6.81. The van der Waals surface area contributed by atoms with Gasteiger partial charge in [-0.25, -0.2) is 0 Å². The number of carbonyl (C=O) groups excluding carboxylic acids is 2. The quantitative estimate of drug-likeness (QED) is 0.520. The van der Waals surface area contributed by atoms with Crippen LogP contribution in [0.3, 0.4) is 0 Å². The van der Waals surface area contributed by atoms with Crippen molar-refractivity contribution in [2.24, 2.45) is 0 Å². The van der Waals surface area contributed by atoms with Crippen LogP contribution in [0.4, 0.5) is 0 Å². The summed E-state index contributed by atoms with van der Waals surface area (Å²) in [4.78, 5) is 23.4. The Balaban J connectivity index is 0.00000162. The van der Waals surface area contributed by atoms with Gasteiger partial charge >= 0.3 is 0 Å². The van der Waals surface area contributed by atoms with Crippen LogP contribution in [0, 0.1) is 0 Å². The zero-order valence-corrected chi connectivity index (χ0v) is 11.8. The number of amides is 2. The third-order valence-electron chi connectivity index (χ3n) is 2.77. The van der Waals surface area contributed by atoms with E-state index < -0.39 is 0 Å². The molecular weight excluding hydrogens is 270 g/mol. The molecule has 1 aromatic rings. The van der Waals surface area contributed by atoms with E-state index in [0.29, 0.717) is 12.8 Å². The van der Waals surface area contributed by atoms with Crippen LogP contribution in [0.25, 0.3) is 0 Å². The van der Waals surface area contributed by atoms with Gasteiger partial charge in [0, 0.05) is 18.4 Å². The Morgan fingerprint density at radius 1 is 1.11 bits per heavy atom. The maximum absolute atomic E-state index is 11.7. The summed E-state index contributed by atoms with van der Waals surface area (Å²) >= 11 is -0.284. The molecule has 1 aliphatic rings. The van der Waals surface area contributed by atoms with E-state index in [4.69, 9.17) is 0 Å². The van der Waals surface area contributed by atoms with Gasteiger partial charge in [-0.05, 0) is 6.92 Å². The van der Waals surface area contributed by atoms with Gasteiger partial charge in [0.25, 0.3) is 11.8 Å². The van der Waals surface area contributed by atoms with E-state index in [1.54, 1.807) is 0 Å². The van der Waals surface area contributed by atoms with Crippen molar-refractivity contribution in [3.8, 4) is 0 Å². The van der Waals surface area contributed by atoms with Crippen LogP contribution in [-0.4, -0.2) is 21.9 Å². The molecule has 0 aliphatic carbocycles. The molecule has 1 aromatic carbocycles. The molecule has 0 saturated carbocycles. The van der Waals surface area contributed by atoms with Crippen LogP contribution < -0.4 is 12.4 Å². The summed E-state index contributed by atoms with van der Waals surface area (Å²) in [6.07, 6.45) is 0.772. The minimum Gasteiger partial charge on any atom is -1.00 e. The number of hydrogen-bond acceptors (Lipinski definition) is 2. The molecule has 5 heteroatoms.